The summed E-state index contributed by atoms with van der Waals surface area (Å²) < 4.78 is 13.0. The number of nitrogens with two attached hydrogens (primary N) is 1. The molecule has 0 aliphatic rings. The van der Waals surface area contributed by atoms with E-state index in [-0.39, 0.29) is 18.3 Å². The Labute approximate surface area is 111 Å². The first-order valence-corrected chi connectivity index (χ1v) is 6.18. The molecule has 0 spiro atoms. The van der Waals surface area contributed by atoms with Crippen LogP contribution in [0.25, 0.3) is 0 Å². The maximum Gasteiger partial charge on any atom is 0.123 e. The third kappa shape index (κ3) is 3.16. The van der Waals surface area contributed by atoms with Crippen LogP contribution in [0.15, 0.2) is 42.6 Å². The van der Waals surface area contributed by atoms with E-state index in [1.807, 2.05) is 19.1 Å². The lowest BCUT2D eigenvalue weighted by atomic mass is 9.87. The molecule has 3 N–H and O–H groups in total. The highest BCUT2D eigenvalue weighted by atomic mass is 19.1. The van der Waals surface area contributed by atoms with Crippen molar-refractivity contribution in [3.8, 4) is 0 Å². The van der Waals surface area contributed by atoms with E-state index < -0.39 is 6.10 Å². The molecule has 1 heterocycles. The van der Waals surface area contributed by atoms with Crippen molar-refractivity contribution in [2.24, 2.45) is 5.73 Å². The molecule has 1 aromatic carbocycles. The molecule has 2 atom stereocenters. The molecular formula is C15H17FN2O. The molecule has 2 rings (SSSR count). The minimum Gasteiger partial charge on any atom is -0.391 e. The van der Waals surface area contributed by atoms with Gasteiger partial charge in [-0.15, -0.1) is 0 Å². The Hall–Kier alpha value is -1.78. The van der Waals surface area contributed by atoms with Crippen LogP contribution < -0.4 is 5.73 Å². The molecule has 0 amide bonds. The van der Waals surface area contributed by atoms with Crippen LogP contribution in [0.1, 0.15) is 22.7 Å². The van der Waals surface area contributed by atoms with Crippen LogP contribution in [0.2, 0.25) is 0 Å². The van der Waals surface area contributed by atoms with E-state index in [9.17, 15) is 9.50 Å². The number of aryl methyl sites for hydroxylation is 1. The predicted molar refractivity (Wildman–Crippen MR) is 72.3 cm³/mol. The highest BCUT2D eigenvalue weighted by Gasteiger charge is 2.22. The average molecular weight is 260 g/mol. The third-order valence-electron chi connectivity index (χ3n) is 3.15. The van der Waals surface area contributed by atoms with Crippen LogP contribution in [0, 0.1) is 12.7 Å². The molecule has 2 aromatic rings. The number of rotatable bonds is 4. The van der Waals surface area contributed by atoms with Gasteiger partial charge in [0.15, 0.2) is 0 Å². The lowest BCUT2D eigenvalue weighted by Crippen LogP contribution is -2.28. The Morgan fingerprint density at radius 2 is 1.79 bits per heavy atom. The monoisotopic (exact) mass is 260 g/mol. The summed E-state index contributed by atoms with van der Waals surface area (Å²) in [6.07, 6.45) is 0.998. The number of nitrogens with zero attached hydrogens (tertiary/aromatic N) is 1. The second-order valence-electron chi connectivity index (χ2n) is 4.57. The lowest BCUT2D eigenvalue weighted by molar-refractivity contribution is 0.164. The van der Waals surface area contributed by atoms with Gasteiger partial charge in [0.25, 0.3) is 0 Å². The normalized spacial score (nSPS) is 14.1. The van der Waals surface area contributed by atoms with Crippen molar-refractivity contribution in [3.05, 3.63) is 65.2 Å². The Kier molecular flexibility index (Phi) is 4.24. The molecule has 4 heteroatoms. The summed E-state index contributed by atoms with van der Waals surface area (Å²) >= 11 is 0. The molecule has 19 heavy (non-hydrogen) atoms. The first-order valence-electron chi connectivity index (χ1n) is 6.18. The summed E-state index contributed by atoms with van der Waals surface area (Å²) in [5.74, 6) is -0.592. The minimum atomic E-state index is -0.727. The number of halogens is 1. The van der Waals surface area contributed by atoms with Crippen LogP contribution in [0.3, 0.4) is 0 Å². The van der Waals surface area contributed by atoms with Crippen molar-refractivity contribution in [3.63, 3.8) is 0 Å². The van der Waals surface area contributed by atoms with E-state index in [1.165, 1.54) is 12.1 Å². The number of hydrogen-bond donors (Lipinski definition) is 2. The highest BCUT2D eigenvalue weighted by molar-refractivity contribution is 5.33. The molecule has 0 aliphatic heterocycles. The van der Waals surface area contributed by atoms with Crippen molar-refractivity contribution in [2.45, 2.75) is 18.9 Å². The van der Waals surface area contributed by atoms with Gasteiger partial charge in [0.05, 0.1) is 6.10 Å². The summed E-state index contributed by atoms with van der Waals surface area (Å²) in [5, 5.41) is 10.1. The molecule has 0 aliphatic carbocycles. The number of benzene rings is 1. The van der Waals surface area contributed by atoms with Crippen LogP contribution in [0.4, 0.5) is 4.39 Å². The molecule has 1 aromatic heterocycles. The Balaban J connectivity index is 2.41. The van der Waals surface area contributed by atoms with Crippen molar-refractivity contribution in [1.29, 1.82) is 0 Å². The summed E-state index contributed by atoms with van der Waals surface area (Å²) in [5.41, 5.74) is 8.16. The third-order valence-corrected chi connectivity index (χ3v) is 3.15. The maximum absolute atomic E-state index is 13.0. The molecule has 0 saturated heterocycles. The van der Waals surface area contributed by atoms with Gasteiger partial charge in [0.1, 0.15) is 5.82 Å². The molecule has 0 unspecified atom stereocenters. The van der Waals surface area contributed by atoms with E-state index in [4.69, 9.17) is 5.73 Å². The van der Waals surface area contributed by atoms with Gasteiger partial charge in [0, 0.05) is 24.4 Å². The topological polar surface area (TPSA) is 59.1 Å². The second kappa shape index (κ2) is 5.91. The smallest absolute Gasteiger partial charge is 0.123 e. The van der Waals surface area contributed by atoms with Gasteiger partial charge in [-0.25, -0.2) is 4.39 Å². The van der Waals surface area contributed by atoms with Gasteiger partial charge in [0.2, 0.25) is 0 Å². The summed E-state index contributed by atoms with van der Waals surface area (Å²) in [7, 11) is 0. The first-order chi connectivity index (χ1) is 9.11. The predicted octanol–water partition coefficient (Wildman–Crippen LogP) is 1.98. The molecule has 0 bridgehead atoms. The van der Waals surface area contributed by atoms with Gasteiger partial charge in [-0.1, -0.05) is 18.2 Å². The molecule has 3 nitrogen and oxygen atoms in total. The summed E-state index contributed by atoms with van der Waals surface area (Å²) in [4.78, 5) is 4.23. The zero-order chi connectivity index (χ0) is 13.8. The SMILES string of the molecule is Cc1ccc([C@@H](c2ccc(F)cc2)[C@@H](O)CN)cn1. The summed E-state index contributed by atoms with van der Waals surface area (Å²) in [6.45, 7) is 2.03. The number of hydrogen-bond acceptors (Lipinski definition) is 3. The van der Waals surface area contributed by atoms with Crippen LogP contribution in [0.5, 0.6) is 0 Å². The fourth-order valence-corrected chi connectivity index (χ4v) is 2.11. The second-order valence-corrected chi connectivity index (χ2v) is 4.57. The molecule has 100 valence electrons. The first kappa shape index (κ1) is 13.6. The van der Waals surface area contributed by atoms with E-state index in [2.05, 4.69) is 4.98 Å². The minimum absolute atomic E-state index is 0.135. The standard InChI is InChI=1S/C15H17FN2O/c1-10-2-3-12(9-18-10)15(14(19)8-17)11-4-6-13(16)7-5-11/h2-7,9,14-15,19H,8,17H2,1H3/t14-,15+/m0/s1. The fraction of sp³-hybridized carbons (Fsp3) is 0.267. The van der Waals surface area contributed by atoms with Gasteiger partial charge in [-0.3, -0.25) is 4.98 Å². The van der Waals surface area contributed by atoms with Crippen molar-refractivity contribution in [2.75, 3.05) is 6.54 Å². The van der Waals surface area contributed by atoms with E-state index >= 15 is 0 Å². The largest absolute Gasteiger partial charge is 0.391 e. The average Bonchev–Trinajstić information content (AvgIpc) is 2.43. The van der Waals surface area contributed by atoms with Crippen molar-refractivity contribution >= 4 is 0 Å². The van der Waals surface area contributed by atoms with Gasteiger partial charge >= 0.3 is 0 Å². The van der Waals surface area contributed by atoms with E-state index in [0.717, 1.165) is 16.8 Å². The number of aliphatic hydroxyl groups excluding tert-OH is 1. The van der Waals surface area contributed by atoms with E-state index in [0.29, 0.717) is 0 Å². The molecule has 0 saturated carbocycles. The zero-order valence-corrected chi connectivity index (χ0v) is 10.8. The van der Waals surface area contributed by atoms with Crippen molar-refractivity contribution in [1.82, 2.24) is 4.98 Å². The van der Waals surface area contributed by atoms with Crippen molar-refractivity contribution < 1.29 is 9.50 Å². The Bertz CT molecular complexity index is 479. The molecular weight excluding hydrogens is 243 g/mol. The van der Waals surface area contributed by atoms with Crippen LogP contribution >= 0.6 is 0 Å². The lowest BCUT2D eigenvalue weighted by Gasteiger charge is -2.22. The molecule has 0 radical (unpaired) electrons. The fourth-order valence-electron chi connectivity index (χ4n) is 2.11. The Morgan fingerprint density at radius 1 is 1.16 bits per heavy atom. The highest BCUT2D eigenvalue weighted by Crippen LogP contribution is 2.27. The number of aliphatic hydroxyl groups is 1. The van der Waals surface area contributed by atoms with Gasteiger partial charge < -0.3 is 10.8 Å². The maximum atomic E-state index is 13.0. The summed E-state index contributed by atoms with van der Waals surface area (Å²) in [6, 6.07) is 9.89. The van der Waals surface area contributed by atoms with E-state index in [1.54, 1.807) is 18.3 Å². The number of pyridine rings is 1. The van der Waals surface area contributed by atoms with Gasteiger partial charge in [-0.2, -0.15) is 0 Å². The number of aromatic nitrogens is 1. The van der Waals surface area contributed by atoms with Crippen LogP contribution in [-0.2, 0) is 0 Å². The Morgan fingerprint density at radius 3 is 2.32 bits per heavy atom. The molecule has 0 fully saturated rings. The van der Waals surface area contributed by atoms with Gasteiger partial charge in [-0.05, 0) is 36.2 Å². The quantitative estimate of drug-likeness (QED) is 0.883. The van der Waals surface area contributed by atoms with Crippen LogP contribution in [-0.4, -0.2) is 22.7 Å². The zero-order valence-electron chi connectivity index (χ0n) is 10.8.